The van der Waals surface area contributed by atoms with Crippen LogP contribution in [0.25, 0.3) is 0 Å². The number of hydrogen-bond acceptors (Lipinski definition) is 4. The molecular formula is C8H13N5O. The summed E-state index contributed by atoms with van der Waals surface area (Å²) in [5.41, 5.74) is 0. The van der Waals surface area contributed by atoms with Crippen molar-refractivity contribution in [3.05, 3.63) is 18.5 Å². The lowest BCUT2D eigenvalue weighted by atomic mass is 10.6. The standard InChI is InChI=1S/C8H13N5O/c1-9-5-6-12-8(14)13-7-10-3-2-4-11-7/h2-4,9H,5-6H2,1H3,(H2,10,11,12,13,14). The highest BCUT2D eigenvalue weighted by molar-refractivity contribution is 5.87. The summed E-state index contributed by atoms with van der Waals surface area (Å²) in [6.07, 6.45) is 3.13. The molecule has 1 aromatic rings. The second kappa shape index (κ2) is 5.87. The van der Waals surface area contributed by atoms with Gasteiger partial charge in [-0.25, -0.2) is 14.8 Å². The summed E-state index contributed by atoms with van der Waals surface area (Å²) >= 11 is 0. The maximum atomic E-state index is 11.2. The van der Waals surface area contributed by atoms with Gasteiger partial charge in [0.05, 0.1) is 0 Å². The fourth-order valence-corrected chi connectivity index (χ4v) is 0.810. The Morgan fingerprint density at radius 2 is 2.07 bits per heavy atom. The molecule has 0 unspecified atom stereocenters. The van der Waals surface area contributed by atoms with Gasteiger partial charge in [-0.15, -0.1) is 0 Å². The highest BCUT2D eigenvalue weighted by atomic mass is 16.2. The first-order valence-corrected chi connectivity index (χ1v) is 4.29. The molecule has 0 fully saturated rings. The fourth-order valence-electron chi connectivity index (χ4n) is 0.810. The summed E-state index contributed by atoms with van der Waals surface area (Å²) in [7, 11) is 1.82. The number of nitrogens with one attached hydrogen (secondary N) is 3. The van der Waals surface area contributed by atoms with Gasteiger partial charge in [-0.05, 0) is 13.1 Å². The molecule has 0 atom stereocenters. The number of urea groups is 1. The largest absolute Gasteiger partial charge is 0.337 e. The molecule has 2 amide bonds. The van der Waals surface area contributed by atoms with Crippen molar-refractivity contribution in [2.45, 2.75) is 0 Å². The molecule has 76 valence electrons. The minimum absolute atomic E-state index is 0.300. The van der Waals surface area contributed by atoms with E-state index in [1.54, 1.807) is 18.5 Å². The predicted molar refractivity (Wildman–Crippen MR) is 53.0 cm³/mol. The van der Waals surface area contributed by atoms with Gasteiger partial charge in [-0.2, -0.15) is 0 Å². The highest BCUT2D eigenvalue weighted by Gasteiger charge is 2.00. The second-order valence-electron chi connectivity index (χ2n) is 2.56. The number of carbonyl (C=O) groups excluding carboxylic acids is 1. The molecule has 0 radical (unpaired) electrons. The van der Waals surface area contributed by atoms with E-state index in [4.69, 9.17) is 0 Å². The van der Waals surface area contributed by atoms with Gasteiger partial charge in [0.2, 0.25) is 5.95 Å². The van der Waals surface area contributed by atoms with Crippen molar-refractivity contribution < 1.29 is 4.79 Å². The Labute approximate surface area is 82.1 Å². The smallest absolute Gasteiger partial charge is 0.321 e. The van der Waals surface area contributed by atoms with Crippen molar-refractivity contribution >= 4 is 12.0 Å². The van der Waals surface area contributed by atoms with Crippen molar-refractivity contribution in [3.8, 4) is 0 Å². The quantitative estimate of drug-likeness (QED) is 0.582. The zero-order chi connectivity index (χ0) is 10.2. The van der Waals surface area contributed by atoms with Crippen molar-refractivity contribution in [2.24, 2.45) is 0 Å². The van der Waals surface area contributed by atoms with Crippen molar-refractivity contribution in [2.75, 3.05) is 25.5 Å². The lowest BCUT2D eigenvalue weighted by molar-refractivity contribution is 0.252. The number of anilines is 1. The minimum atomic E-state index is -0.300. The van der Waals surface area contributed by atoms with Crippen LogP contribution < -0.4 is 16.0 Å². The van der Waals surface area contributed by atoms with Crippen LogP contribution in [0.4, 0.5) is 10.7 Å². The Hall–Kier alpha value is -1.69. The molecule has 0 bridgehead atoms. The molecule has 0 aliphatic carbocycles. The van der Waals surface area contributed by atoms with Gasteiger partial charge in [0.25, 0.3) is 0 Å². The summed E-state index contributed by atoms with van der Waals surface area (Å²) in [5, 5.41) is 8.05. The van der Waals surface area contributed by atoms with Crippen molar-refractivity contribution in [1.29, 1.82) is 0 Å². The average molecular weight is 195 g/mol. The molecule has 0 aliphatic heterocycles. The molecule has 0 aliphatic rings. The molecule has 14 heavy (non-hydrogen) atoms. The van der Waals surface area contributed by atoms with Crippen LogP contribution in [0.2, 0.25) is 0 Å². The van der Waals surface area contributed by atoms with Crippen LogP contribution in [0.15, 0.2) is 18.5 Å². The predicted octanol–water partition coefficient (Wildman–Crippen LogP) is -0.183. The van der Waals surface area contributed by atoms with Gasteiger partial charge in [0, 0.05) is 25.5 Å². The molecular weight excluding hydrogens is 182 g/mol. The third-order valence-corrected chi connectivity index (χ3v) is 1.45. The Kier molecular flexibility index (Phi) is 4.36. The molecule has 0 saturated carbocycles. The van der Waals surface area contributed by atoms with Gasteiger partial charge in [-0.1, -0.05) is 0 Å². The number of carbonyl (C=O) groups is 1. The first-order chi connectivity index (χ1) is 6.83. The van der Waals surface area contributed by atoms with Crippen molar-refractivity contribution in [3.63, 3.8) is 0 Å². The summed E-state index contributed by atoms with van der Waals surface area (Å²) in [6, 6.07) is 1.39. The van der Waals surface area contributed by atoms with E-state index in [0.29, 0.717) is 12.5 Å². The number of aromatic nitrogens is 2. The van der Waals surface area contributed by atoms with Gasteiger partial charge in [0.15, 0.2) is 0 Å². The lowest BCUT2D eigenvalue weighted by Gasteiger charge is -2.04. The van der Waals surface area contributed by atoms with Crippen LogP contribution in [-0.4, -0.2) is 36.1 Å². The zero-order valence-electron chi connectivity index (χ0n) is 7.95. The Bertz CT molecular complexity index is 276. The van der Waals surface area contributed by atoms with E-state index < -0.39 is 0 Å². The molecule has 1 heterocycles. The van der Waals surface area contributed by atoms with E-state index in [2.05, 4.69) is 25.9 Å². The SMILES string of the molecule is CNCCNC(=O)Nc1ncccn1. The Morgan fingerprint density at radius 3 is 2.71 bits per heavy atom. The van der Waals surface area contributed by atoms with Gasteiger partial charge < -0.3 is 10.6 Å². The van der Waals surface area contributed by atoms with E-state index in [1.807, 2.05) is 7.05 Å². The topological polar surface area (TPSA) is 78.9 Å². The van der Waals surface area contributed by atoms with E-state index >= 15 is 0 Å². The maximum Gasteiger partial charge on any atom is 0.321 e. The Balaban J connectivity index is 2.27. The number of amides is 2. The van der Waals surface area contributed by atoms with E-state index in [0.717, 1.165) is 6.54 Å². The van der Waals surface area contributed by atoms with E-state index in [9.17, 15) is 4.79 Å². The summed E-state index contributed by atoms with van der Waals surface area (Å²) < 4.78 is 0. The van der Waals surface area contributed by atoms with Crippen LogP contribution in [-0.2, 0) is 0 Å². The summed E-state index contributed by atoms with van der Waals surface area (Å²) in [4.78, 5) is 18.9. The molecule has 6 nitrogen and oxygen atoms in total. The van der Waals surface area contributed by atoms with Crippen LogP contribution >= 0.6 is 0 Å². The number of hydrogen-bond donors (Lipinski definition) is 3. The highest BCUT2D eigenvalue weighted by Crippen LogP contribution is 1.92. The monoisotopic (exact) mass is 195 g/mol. The molecule has 0 saturated heterocycles. The molecule has 6 heteroatoms. The lowest BCUT2D eigenvalue weighted by Crippen LogP contribution is -2.34. The van der Waals surface area contributed by atoms with E-state index in [1.165, 1.54) is 0 Å². The molecule has 3 N–H and O–H groups in total. The van der Waals surface area contributed by atoms with E-state index in [-0.39, 0.29) is 6.03 Å². The fraction of sp³-hybridized carbons (Fsp3) is 0.375. The minimum Gasteiger partial charge on any atom is -0.337 e. The number of rotatable bonds is 4. The summed E-state index contributed by atoms with van der Waals surface area (Å²) in [6.45, 7) is 1.29. The normalized spacial score (nSPS) is 9.50. The van der Waals surface area contributed by atoms with Gasteiger partial charge in [-0.3, -0.25) is 5.32 Å². The average Bonchev–Trinajstić information content (AvgIpc) is 2.20. The summed E-state index contributed by atoms with van der Waals surface area (Å²) in [5.74, 6) is 0.300. The molecule has 1 aromatic heterocycles. The third kappa shape index (κ3) is 3.81. The first-order valence-electron chi connectivity index (χ1n) is 4.29. The zero-order valence-corrected chi connectivity index (χ0v) is 7.95. The number of nitrogens with zero attached hydrogens (tertiary/aromatic N) is 2. The number of likely N-dealkylation sites (N-methyl/N-ethyl adjacent to an activating group) is 1. The van der Waals surface area contributed by atoms with Crippen LogP contribution in [0.3, 0.4) is 0 Å². The van der Waals surface area contributed by atoms with Crippen LogP contribution in [0.5, 0.6) is 0 Å². The maximum absolute atomic E-state index is 11.2. The Morgan fingerprint density at radius 1 is 1.36 bits per heavy atom. The third-order valence-electron chi connectivity index (χ3n) is 1.45. The second-order valence-corrected chi connectivity index (χ2v) is 2.56. The van der Waals surface area contributed by atoms with Crippen LogP contribution in [0, 0.1) is 0 Å². The van der Waals surface area contributed by atoms with Gasteiger partial charge >= 0.3 is 6.03 Å². The molecule has 0 aromatic carbocycles. The first kappa shape index (κ1) is 10.4. The van der Waals surface area contributed by atoms with Gasteiger partial charge in [0.1, 0.15) is 0 Å². The van der Waals surface area contributed by atoms with Crippen molar-refractivity contribution in [1.82, 2.24) is 20.6 Å². The van der Waals surface area contributed by atoms with Crippen LogP contribution in [0.1, 0.15) is 0 Å². The molecule has 0 spiro atoms. The molecule has 1 rings (SSSR count).